The molecule has 2 rings (SSSR count). The fraction of sp³-hybridized carbons (Fsp3) is 0.333. The molecule has 0 aliphatic carbocycles. The number of pyridine rings is 1. The summed E-state index contributed by atoms with van der Waals surface area (Å²) in [7, 11) is 0. The van der Waals surface area contributed by atoms with E-state index in [2.05, 4.69) is 15.8 Å². The second-order valence-corrected chi connectivity index (χ2v) is 3.19. The van der Waals surface area contributed by atoms with E-state index in [0.29, 0.717) is 12.1 Å². The minimum Gasteiger partial charge on any atom is -0.287 e. The fourth-order valence-electron chi connectivity index (χ4n) is 1.64. The van der Waals surface area contributed by atoms with Crippen molar-refractivity contribution >= 4 is 5.91 Å². The van der Waals surface area contributed by atoms with E-state index in [-0.39, 0.29) is 5.91 Å². The van der Waals surface area contributed by atoms with Gasteiger partial charge in [-0.2, -0.15) is 0 Å². The highest BCUT2D eigenvalue weighted by molar-refractivity contribution is 5.97. The third kappa shape index (κ3) is 1.29. The topological polar surface area (TPSA) is 54.0 Å². The van der Waals surface area contributed by atoms with Gasteiger partial charge in [0, 0.05) is 12.2 Å². The molecule has 0 saturated heterocycles. The molecule has 4 nitrogen and oxygen atoms in total. The smallest absolute Gasteiger partial charge is 0.267 e. The van der Waals surface area contributed by atoms with Gasteiger partial charge in [-0.15, -0.1) is 0 Å². The molecule has 0 fully saturated rings. The van der Waals surface area contributed by atoms with Gasteiger partial charge in [-0.05, 0) is 25.5 Å². The Morgan fingerprint density at radius 2 is 2.23 bits per heavy atom. The van der Waals surface area contributed by atoms with Crippen molar-refractivity contribution < 1.29 is 4.79 Å². The molecule has 1 aromatic rings. The van der Waals surface area contributed by atoms with Crippen molar-refractivity contribution in [1.82, 2.24) is 15.8 Å². The molecule has 0 atom stereocenters. The Morgan fingerprint density at radius 1 is 1.46 bits per heavy atom. The minimum atomic E-state index is -0.0914. The number of nitrogens with zero attached hydrogens (tertiary/aromatic N) is 1. The molecule has 1 amide bonds. The SMILES string of the molecule is Cc1cc2c(c(C)n1)C(=O)NNC2. The number of fused-ring (bicyclic) bond motifs is 1. The Hall–Kier alpha value is -1.42. The van der Waals surface area contributed by atoms with E-state index >= 15 is 0 Å². The first-order chi connectivity index (χ1) is 6.18. The number of aryl methyl sites for hydroxylation is 2. The van der Waals surface area contributed by atoms with Gasteiger partial charge in [0.2, 0.25) is 0 Å². The summed E-state index contributed by atoms with van der Waals surface area (Å²) in [5.41, 5.74) is 8.87. The average molecular weight is 177 g/mol. The molecular weight excluding hydrogens is 166 g/mol. The first-order valence-corrected chi connectivity index (χ1v) is 4.19. The lowest BCUT2D eigenvalue weighted by molar-refractivity contribution is 0.0918. The molecule has 0 spiro atoms. The van der Waals surface area contributed by atoms with Crippen LogP contribution in [-0.2, 0) is 6.54 Å². The van der Waals surface area contributed by atoms with Gasteiger partial charge in [0.15, 0.2) is 0 Å². The van der Waals surface area contributed by atoms with Crippen LogP contribution in [0.2, 0.25) is 0 Å². The maximum Gasteiger partial charge on any atom is 0.267 e. The van der Waals surface area contributed by atoms with Crippen LogP contribution in [0.25, 0.3) is 0 Å². The van der Waals surface area contributed by atoms with Crippen molar-refractivity contribution in [3.05, 3.63) is 28.6 Å². The van der Waals surface area contributed by atoms with Crippen LogP contribution in [0.4, 0.5) is 0 Å². The molecule has 2 heterocycles. The van der Waals surface area contributed by atoms with E-state index in [0.717, 1.165) is 17.0 Å². The van der Waals surface area contributed by atoms with Crippen molar-refractivity contribution in [2.75, 3.05) is 0 Å². The first-order valence-electron chi connectivity index (χ1n) is 4.19. The maximum atomic E-state index is 11.4. The largest absolute Gasteiger partial charge is 0.287 e. The lowest BCUT2D eigenvalue weighted by Gasteiger charge is -2.19. The Kier molecular flexibility index (Phi) is 1.77. The van der Waals surface area contributed by atoms with Crippen molar-refractivity contribution in [2.24, 2.45) is 0 Å². The Balaban J connectivity index is 2.63. The Morgan fingerprint density at radius 3 is 3.00 bits per heavy atom. The summed E-state index contributed by atoms with van der Waals surface area (Å²) in [4.78, 5) is 15.7. The summed E-state index contributed by atoms with van der Waals surface area (Å²) in [6.45, 7) is 4.46. The van der Waals surface area contributed by atoms with Gasteiger partial charge in [0.1, 0.15) is 0 Å². The van der Waals surface area contributed by atoms with Gasteiger partial charge in [0.05, 0.1) is 11.3 Å². The summed E-state index contributed by atoms with van der Waals surface area (Å²) in [6.07, 6.45) is 0. The third-order valence-corrected chi connectivity index (χ3v) is 2.12. The molecule has 0 unspecified atom stereocenters. The summed E-state index contributed by atoms with van der Waals surface area (Å²) in [6, 6.07) is 1.94. The average Bonchev–Trinajstić information content (AvgIpc) is 2.02. The van der Waals surface area contributed by atoms with Gasteiger partial charge in [-0.3, -0.25) is 15.2 Å². The molecule has 1 aliphatic heterocycles. The lowest BCUT2D eigenvalue weighted by atomic mass is 10.0. The van der Waals surface area contributed by atoms with Gasteiger partial charge in [-0.25, -0.2) is 5.43 Å². The van der Waals surface area contributed by atoms with Gasteiger partial charge >= 0.3 is 0 Å². The zero-order valence-electron chi connectivity index (χ0n) is 7.64. The van der Waals surface area contributed by atoms with Crippen LogP contribution < -0.4 is 10.9 Å². The van der Waals surface area contributed by atoms with Gasteiger partial charge < -0.3 is 0 Å². The number of hydrogen-bond acceptors (Lipinski definition) is 3. The molecule has 0 aromatic carbocycles. The van der Waals surface area contributed by atoms with Crippen LogP contribution >= 0.6 is 0 Å². The second kappa shape index (κ2) is 2.81. The number of hydrazine groups is 1. The molecule has 1 aliphatic rings. The molecule has 68 valence electrons. The quantitative estimate of drug-likeness (QED) is 0.604. The summed E-state index contributed by atoms with van der Waals surface area (Å²) >= 11 is 0. The summed E-state index contributed by atoms with van der Waals surface area (Å²) in [5.74, 6) is -0.0914. The van der Waals surface area contributed by atoms with E-state index in [1.165, 1.54) is 0 Å². The number of carbonyl (C=O) groups is 1. The predicted molar refractivity (Wildman–Crippen MR) is 48.0 cm³/mol. The van der Waals surface area contributed by atoms with Crippen LogP contribution in [0.15, 0.2) is 6.07 Å². The highest BCUT2D eigenvalue weighted by Crippen LogP contribution is 2.15. The van der Waals surface area contributed by atoms with Gasteiger partial charge in [-0.1, -0.05) is 0 Å². The molecule has 0 saturated carbocycles. The second-order valence-electron chi connectivity index (χ2n) is 3.19. The molecule has 13 heavy (non-hydrogen) atoms. The van der Waals surface area contributed by atoms with Crippen LogP contribution in [0.3, 0.4) is 0 Å². The van der Waals surface area contributed by atoms with Crippen molar-refractivity contribution in [1.29, 1.82) is 0 Å². The van der Waals surface area contributed by atoms with E-state index in [4.69, 9.17) is 0 Å². The first kappa shape index (κ1) is 8.19. The summed E-state index contributed by atoms with van der Waals surface area (Å²) < 4.78 is 0. The minimum absolute atomic E-state index is 0.0914. The fourth-order valence-corrected chi connectivity index (χ4v) is 1.64. The highest BCUT2D eigenvalue weighted by Gasteiger charge is 2.19. The third-order valence-electron chi connectivity index (χ3n) is 2.12. The van der Waals surface area contributed by atoms with Crippen LogP contribution in [0.1, 0.15) is 27.3 Å². The molecular formula is C9H11N3O. The Labute approximate surface area is 76.3 Å². The number of amides is 1. The molecule has 2 N–H and O–H groups in total. The lowest BCUT2D eigenvalue weighted by Crippen LogP contribution is -2.42. The monoisotopic (exact) mass is 177 g/mol. The number of nitrogens with one attached hydrogen (secondary N) is 2. The normalized spacial score (nSPS) is 15.1. The van der Waals surface area contributed by atoms with E-state index in [1.54, 1.807) is 0 Å². The van der Waals surface area contributed by atoms with Crippen molar-refractivity contribution in [3.8, 4) is 0 Å². The molecule has 1 aromatic heterocycles. The highest BCUT2D eigenvalue weighted by atomic mass is 16.2. The van der Waals surface area contributed by atoms with E-state index < -0.39 is 0 Å². The number of rotatable bonds is 0. The summed E-state index contributed by atoms with van der Waals surface area (Å²) in [5, 5.41) is 0. The number of carbonyl (C=O) groups excluding carboxylic acids is 1. The number of aromatic nitrogens is 1. The van der Waals surface area contributed by atoms with E-state index in [1.807, 2.05) is 19.9 Å². The maximum absolute atomic E-state index is 11.4. The zero-order valence-corrected chi connectivity index (χ0v) is 7.64. The Bertz CT molecular complexity index is 373. The predicted octanol–water partition coefficient (Wildman–Crippen LogP) is 0.446. The van der Waals surface area contributed by atoms with Crippen LogP contribution in [0, 0.1) is 13.8 Å². The standard InChI is InChI=1S/C9H11N3O/c1-5-3-7-4-10-12-9(13)8(7)6(2)11-5/h3,10H,4H2,1-2H3,(H,12,13). The molecule has 0 bridgehead atoms. The molecule has 0 radical (unpaired) electrons. The van der Waals surface area contributed by atoms with Crippen molar-refractivity contribution in [3.63, 3.8) is 0 Å². The van der Waals surface area contributed by atoms with Gasteiger partial charge in [0.25, 0.3) is 5.91 Å². The van der Waals surface area contributed by atoms with Crippen LogP contribution in [0.5, 0.6) is 0 Å². The van der Waals surface area contributed by atoms with Crippen LogP contribution in [-0.4, -0.2) is 10.9 Å². The van der Waals surface area contributed by atoms with Crippen molar-refractivity contribution in [2.45, 2.75) is 20.4 Å². The number of hydrogen-bond donors (Lipinski definition) is 2. The zero-order chi connectivity index (χ0) is 9.42. The molecule has 4 heteroatoms. The van der Waals surface area contributed by atoms with E-state index in [9.17, 15) is 4.79 Å².